The normalized spacial score (nSPS) is 17.9. The number of hydrogen-bond donors (Lipinski definition) is 0. The van der Waals surface area contributed by atoms with Gasteiger partial charge in [-0.15, -0.1) is 0 Å². The molecule has 0 N–H and O–H groups in total. The molecule has 0 saturated carbocycles. The van der Waals surface area contributed by atoms with Gasteiger partial charge in [0, 0.05) is 11.1 Å². The van der Waals surface area contributed by atoms with E-state index in [-0.39, 0.29) is 27.8 Å². The summed E-state index contributed by atoms with van der Waals surface area (Å²) in [5, 5.41) is -0.304. The zero-order valence-corrected chi connectivity index (χ0v) is 17.1. The van der Waals surface area contributed by atoms with E-state index in [1.54, 1.807) is 84.9 Å². The van der Waals surface area contributed by atoms with Gasteiger partial charge in [-0.2, -0.15) is 0 Å². The molecule has 0 aromatic heterocycles. The molecular weight excluding hydrogens is 415 g/mol. The van der Waals surface area contributed by atoms with Crippen molar-refractivity contribution in [1.29, 1.82) is 0 Å². The van der Waals surface area contributed by atoms with Gasteiger partial charge in [0.15, 0.2) is 10.6 Å². The number of halogens is 2. The Balaban J connectivity index is 1.68. The number of carbonyl (C=O) groups is 2. The van der Waals surface area contributed by atoms with Crippen LogP contribution in [-0.4, -0.2) is 16.7 Å². The van der Waals surface area contributed by atoms with E-state index in [4.69, 9.17) is 0 Å². The topological polar surface area (TPSA) is 37.4 Å². The van der Waals surface area contributed by atoms with Crippen molar-refractivity contribution in [3.05, 3.63) is 125 Å². The van der Waals surface area contributed by atoms with Crippen molar-refractivity contribution in [3.63, 3.8) is 0 Å². The lowest BCUT2D eigenvalue weighted by molar-refractivity contribution is 0.0686. The third-order valence-electron chi connectivity index (χ3n) is 5.37. The van der Waals surface area contributed by atoms with E-state index in [2.05, 4.69) is 0 Å². The second kappa shape index (κ2) is 7.36. The molecule has 0 saturated heterocycles. The first kappa shape index (κ1) is 19.5. The summed E-state index contributed by atoms with van der Waals surface area (Å²) in [5.74, 6) is -1.02. The third-order valence-corrected chi connectivity index (χ3v) is 7.35. The highest BCUT2D eigenvalue weighted by Crippen LogP contribution is 2.82. The minimum atomic E-state index is -4.74. The van der Waals surface area contributed by atoms with E-state index in [0.29, 0.717) is 11.1 Å². The molecular formula is C25H16F2NO2P+. The summed E-state index contributed by atoms with van der Waals surface area (Å²) in [6.45, 7) is 0. The van der Waals surface area contributed by atoms with Crippen LogP contribution in [0.5, 0.6) is 0 Å². The van der Waals surface area contributed by atoms with Crippen LogP contribution in [0.15, 0.2) is 97.1 Å². The van der Waals surface area contributed by atoms with Crippen molar-refractivity contribution in [2.75, 3.05) is 0 Å². The van der Waals surface area contributed by atoms with Crippen molar-refractivity contribution in [1.82, 2.24) is 4.90 Å². The molecule has 1 radical (unpaired) electrons. The van der Waals surface area contributed by atoms with Crippen LogP contribution in [0, 0.1) is 6.04 Å². The van der Waals surface area contributed by atoms with Gasteiger partial charge in [-0.25, -0.2) is 0 Å². The van der Waals surface area contributed by atoms with Gasteiger partial charge in [0.2, 0.25) is 0 Å². The van der Waals surface area contributed by atoms with Crippen LogP contribution in [0.3, 0.4) is 0 Å². The molecule has 0 atom stereocenters. The summed E-state index contributed by atoms with van der Waals surface area (Å²) >= 11 is 0. The van der Waals surface area contributed by atoms with Crippen LogP contribution >= 0.6 is 7.88 Å². The van der Waals surface area contributed by atoms with Gasteiger partial charge >= 0.3 is 7.88 Å². The molecule has 0 spiro atoms. The molecule has 0 fully saturated rings. The fraction of sp³-hybridized carbons (Fsp3) is 0. The Labute approximate surface area is 178 Å². The second-order valence-corrected chi connectivity index (χ2v) is 9.21. The maximum Gasteiger partial charge on any atom is 0.453 e. The average molecular weight is 431 g/mol. The molecule has 6 heteroatoms. The van der Waals surface area contributed by atoms with Gasteiger partial charge in [-0.05, 0) is 32.7 Å². The molecule has 3 aromatic rings. The molecule has 2 heterocycles. The molecule has 2 aliphatic heterocycles. The largest absolute Gasteiger partial charge is 0.453 e. The molecule has 0 unspecified atom stereocenters. The van der Waals surface area contributed by atoms with Gasteiger partial charge in [-0.1, -0.05) is 72.8 Å². The predicted molar refractivity (Wildman–Crippen MR) is 118 cm³/mol. The standard InChI is InChI=1S/C25H16F2NO2P/c26-31(27)22(17-9-3-1-4-10-17)15-19(16-23(31)18-11-5-2-6-12-18)28-24(29)20-13-7-8-14-21(20)25(28)30/h1-16H/q+1. The van der Waals surface area contributed by atoms with Crippen molar-refractivity contribution in [2.45, 2.75) is 0 Å². The van der Waals surface area contributed by atoms with Crippen molar-refractivity contribution >= 4 is 30.3 Å². The number of hydrogen-bond acceptors (Lipinski definition) is 2. The summed E-state index contributed by atoms with van der Waals surface area (Å²) in [6.07, 6.45) is 2.58. The van der Waals surface area contributed by atoms with E-state index in [9.17, 15) is 9.59 Å². The van der Waals surface area contributed by atoms with Gasteiger partial charge in [0.1, 0.15) is 6.04 Å². The van der Waals surface area contributed by atoms with Gasteiger partial charge < -0.3 is 0 Å². The fourth-order valence-corrected chi connectivity index (χ4v) is 5.67. The lowest BCUT2D eigenvalue weighted by Gasteiger charge is -2.25. The van der Waals surface area contributed by atoms with Crippen LogP contribution in [0.4, 0.5) is 8.39 Å². The summed E-state index contributed by atoms with van der Waals surface area (Å²) in [5.41, 5.74) is 1.29. The Morgan fingerprint density at radius 2 is 0.968 bits per heavy atom. The lowest BCUT2D eigenvalue weighted by Crippen LogP contribution is -2.33. The van der Waals surface area contributed by atoms with Crippen LogP contribution in [0.2, 0.25) is 0 Å². The maximum atomic E-state index is 15.8. The zero-order valence-electron chi connectivity index (χ0n) is 16.2. The third kappa shape index (κ3) is 3.13. The molecule has 2 aliphatic rings. The van der Waals surface area contributed by atoms with Gasteiger partial charge in [0.05, 0.1) is 11.1 Å². The van der Waals surface area contributed by atoms with Crippen LogP contribution in [0.1, 0.15) is 31.8 Å². The first-order chi connectivity index (χ1) is 15.0. The van der Waals surface area contributed by atoms with Crippen molar-refractivity contribution < 1.29 is 18.0 Å². The monoisotopic (exact) mass is 431 g/mol. The number of nitrogens with zero attached hydrogens (tertiary/aromatic N) is 1. The minimum absolute atomic E-state index is 0.148. The number of rotatable bonds is 3. The van der Waals surface area contributed by atoms with E-state index >= 15 is 8.39 Å². The summed E-state index contributed by atoms with van der Waals surface area (Å²) < 4.78 is 31.6. The smallest absolute Gasteiger partial charge is 0.269 e. The number of benzene rings is 3. The second-order valence-electron chi connectivity index (χ2n) is 7.22. The molecule has 31 heavy (non-hydrogen) atoms. The molecule has 3 aromatic carbocycles. The molecule has 0 bridgehead atoms. The first-order valence-electron chi connectivity index (χ1n) is 9.67. The van der Waals surface area contributed by atoms with E-state index in [1.165, 1.54) is 12.2 Å². The Kier molecular flexibility index (Phi) is 4.64. The molecule has 0 aliphatic carbocycles. The highest BCUT2D eigenvalue weighted by atomic mass is 31.2. The van der Waals surface area contributed by atoms with Crippen LogP contribution < -0.4 is 0 Å². The lowest BCUT2D eigenvalue weighted by atomic mass is 10.1. The summed E-state index contributed by atoms with van der Waals surface area (Å²) in [6, 6.07) is 23.4. The Hall–Kier alpha value is -3.43. The first-order valence-corrected chi connectivity index (χ1v) is 11.2. The highest BCUT2D eigenvalue weighted by molar-refractivity contribution is 7.85. The fourth-order valence-electron chi connectivity index (χ4n) is 3.88. The summed E-state index contributed by atoms with van der Waals surface area (Å²) in [4.78, 5) is 27.0. The molecule has 151 valence electrons. The van der Waals surface area contributed by atoms with Gasteiger partial charge in [-0.3, -0.25) is 14.5 Å². The van der Waals surface area contributed by atoms with Gasteiger partial charge in [0.25, 0.3) is 11.8 Å². The number of carbonyl (C=O) groups excluding carboxylic acids is 2. The Morgan fingerprint density at radius 1 is 0.581 bits per heavy atom. The molecule has 2 amide bonds. The molecule has 3 nitrogen and oxygen atoms in total. The number of fused-ring (bicyclic) bond motifs is 1. The van der Waals surface area contributed by atoms with Crippen molar-refractivity contribution in [2.24, 2.45) is 0 Å². The van der Waals surface area contributed by atoms with E-state index in [1.807, 2.05) is 0 Å². The summed E-state index contributed by atoms with van der Waals surface area (Å²) in [7, 11) is -4.74. The molecule has 5 rings (SSSR count). The maximum absolute atomic E-state index is 15.8. The Bertz CT molecular complexity index is 1160. The van der Waals surface area contributed by atoms with E-state index in [0.717, 1.165) is 4.90 Å². The Morgan fingerprint density at radius 3 is 1.39 bits per heavy atom. The SMILES string of the molecule is O=C1c2ccccc2C(=O)N1[C]1C=C(c2ccccc2)[P+](F)(F)C(c2ccccc2)=C1. The quantitative estimate of drug-likeness (QED) is 0.342. The number of amides is 2. The number of imide groups is 1. The van der Waals surface area contributed by atoms with Crippen molar-refractivity contribution in [3.8, 4) is 0 Å². The zero-order chi connectivity index (χ0) is 21.6. The highest BCUT2D eigenvalue weighted by Gasteiger charge is 2.57. The van der Waals surface area contributed by atoms with Crippen LogP contribution in [0.25, 0.3) is 10.6 Å². The predicted octanol–water partition coefficient (Wildman–Crippen LogP) is 6.70. The van der Waals surface area contributed by atoms with Crippen LogP contribution in [-0.2, 0) is 0 Å². The average Bonchev–Trinajstić information content (AvgIpc) is 3.05. The minimum Gasteiger partial charge on any atom is -0.269 e. The van der Waals surface area contributed by atoms with E-state index < -0.39 is 19.7 Å².